The van der Waals surface area contributed by atoms with E-state index >= 15 is 0 Å². The number of nitrogens with zero attached hydrogens (tertiary/aromatic N) is 1. The molecule has 2 rings (SSSR count). The molecule has 2 bridgehead atoms. The molecule has 1 heteroatoms. The van der Waals surface area contributed by atoms with Crippen LogP contribution in [0.4, 0.5) is 0 Å². The standard InChI is InChI=1S/C11H21N/c1-3-9-7-10-5-4-6-11(8-9)12(10)2/h9-11H,3-8H2,1-2H3. The van der Waals surface area contributed by atoms with Crippen molar-refractivity contribution >= 4 is 0 Å². The number of hydrogen-bond acceptors (Lipinski definition) is 1. The number of hydrogen-bond donors (Lipinski definition) is 0. The molecule has 0 radical (unpaired) electrons. The van der Waals surface area contributed by atoms with E-state index < -0.39 is 0 Å². The number of piperidine rings is 2. The highest BCUT2D eigenvalue weighted by Gasteiger charge is 2.34. The van der Waals surface area contributed by atoms with E-state index in [0.717, 1.165) is 18.0 Å². The molecule has 0 amide bonds. The minimum atomic E-state index is 0.933. The molecule has 2 saturated heterocycles. The van der Waals surface area contributed by atoms with Crippen LogP contribution in [0.25, 0.3) is 0 Å². The summed E-state index contributed by atoms with van der Waals surface area (Å²) in [4.78, 5) is 2.65. The summed E-state index contributed by atoms with van der Waals surface area (Å²) < 4.78 is 0. The van der Waals surface area contributed by atoms with Gasteiger partial charge in [0.1, 0.15) is 0 Å². The molecular formula is C11H21N. The quantitative estimate of drug-likeness (QED) is 0.580. The fraction of sp³-hybridized carbons (Fsp3) is 1.00. The third kappa shape index (κ3) is 1.39. The molecule has 2 aliphatic rings. The Morgan fingerprint density at radius 3 is 2.25 bits per heavy atom. The smallest absolute Gasteiger partial charge is 0.00978 e. The molecule has 1 nitrogen and oxygen atoms in total. The monoisotopic (exact) mass is 167 g/mol. The Labute approximate surface area is 76.1 Å². The van der Waals surface area contributed by atoms with E-state index in [0.29, 0.717) is 0 Å². The van der Waals surface area contributed by atoms with Gasteiger partial charge in [-0.25, -0.2) is 0 Å². The molecule has 0 aromatic rings. The van der Waals surface area contributed by atoms with Gasteiger partial charge in [-0.1, -0.05) is 19.8 Å². The highest BCUT2D eigenvalue weighted by molar-refractivity contribution is 4.90. The molecule has 0 aromatic carbocycles. The van der Waals surface area contributed by atoms with E-state index in [2.05, 4.69) is 18.9 Å². The second-order valence-electron chi connectivity index (χ2n) is 4.65. The third-order valence-corrected chi connectivity index (χ3v) is 4.01. The van der Waals surface area contributed by atoms with Crippen LogP contribution in [-0.4, -0.2) is 24.0 Å². The maximum Gasteiger partial charge on any atom is 0.00978 e. The maximum absolute atomic E-state index is 2.65. The van der Waals surface area contributed by atoms with Gasteiger partial charge in [0.2, 0.25) is 0 Å². The molecule has 0 aliphatic carbocycles. The van der Waals surface area contributed by atoms with E-state index in [9.17, 15) is 0 Å². The van der Waals surface area contributed by atoms with Crippen LogP contribution in [0.3, 0.4) is 0 Å². The fourth-order valence-corrected chi connectivity index (χ4v) is 3.06. The van der Waals surface area contributed by atoms with Crippen molar-refractivity contribution in [1.29, 1.82) is 0 Å². The van der Waals surface area contributed by atoms with Gasteiger partial charge in [-0.3, -0.25) is 0 Å². The van der Waals surface area contributed by atoms with E-state index in [1.807, 2.05) is 0 Å². The molecule has 0 spiro atoms. The van der Waals surface area contributed by atoms with Gasteiger partial charge >= 0.3 is 0 Å². The summed E-state index contributed by atoms with van der Waals surface area (Å²) in [6.07, 6.45) is 8.76. The molecule has 0 aromatic heterocycles. The predicted octanol–water partition coefficient (Wildman–Crippen LogP) is 2.66. The minimum absolute atomic E-state index is 0.933. The summed E-state index contributed by atoms with van der Waals surface area (Å²) in [6.45, 7) is 2.35. The maximum atomic E-state index is 2.65. The molecule has 2 unspecified atom stereocenters. The van der Waals surface area contributed by atoms with Crippen LogP contribution in [0.5, 0.6) is 0 Å². The Morgan fingerprint density at radius 1 is 1.17 bits per heavy atom. The number of rotatable bonds is 1. The predicted molar refractivity (Wildman–Crippen MR) is 52.2 cm³/mol. The fourth-order valence-electron chi connectivity index (χ4n) is 3.06. The summed E-state index contributed by atoms with van der Waals surface area (Å²) in [6, 6.07) is 1.87. The van der Waals surface area contributed by atoms with Gasteiger partial charge in [0.25, 0.3) is 0 Å². The highest BCUT2D eigenvalue weighted by Crippen LogP contribution is 2.36. The zero-order chi connectivity index (χ0) is 8.55. The van der Waals surface area contributed by atoms with Gasteiger partial charge in [-0.2, -0.15) is 0 Å². The first-order chi connectivity index (χ1) is 5.81. The third-order valence-electron chi connectivity index (χ3n) is 4.01. The molecule has 2 atom stereocenters. The van der Waals surface area contributed by atoms with E-state index in [4.69, 9.17) is 0 Å². The lowest BCUT2D eigenvalue weighted by Crippen LogP contribution is -2.49. The van der Waals surface area contributed by atoms with Crippen LogP contribution in [-0.2, 0) is 0 Å². The van der Waals surface area contributed by atoms with E-state index in [1.54, 1.807) is 0 Å². The summed E-state index contributed by atoms with van der Waals surface area (Å²) in [5, 5.41) is 0. The van der Waals surface area contributed by atoms with Crippen molar-refractivity contribution in [3.05, 3.63) is 0 Å². The van der Waals surface area contributed by atoms with Gasteiger partial charge in [0, 0.05) is 12.1 Å². The van der Waals surface area contributed by atoms with E-state index in [-0.39, 0.29) is 0 Å². The van der Waals surface area contributed by atoms with Crippen molar-refractivity contribution in [3.8, 4) is 0 Å². The molecular weight excluding hydrogens is 146 g/mol. The van der Waals surface area contributed by atoms with Crippen molar-refractivity contribution < 1.29 is 0 Å². The second kappa shape index (κ2) is 3.37. The summed E-state index contributed by atoms with van der Waals surface area (Å²) >= 11 is 0. The van der Waals surface area contributed by atoms with Gasteiger partial charge in [0.05, 0.1) is 0 Å². The van der Waals surface area contributed by atoms with Crippen molar-refractivity contribution in [3.63, 3.8) is 0 Å². The van der Waals surface area contributed by atoms with Crippen LogP contribution in [0, 0.1) is 5.92 Å². The SMILES string of the molecule is CCC1CC2CCCC(C1)N2C. The largest absolute Gasteiger partial charge is 0.300 e. The lowest BCUT2D eigenvalue weighted by atomic mass is 9.78. The molecule has 2 aliphatic heterocycles. The second-order valence-corrected chi connectivity index (χ2v) is 4.65. The first-order valence-electron chi connectivity index (χ1n) is 5.53. The average Bonchev–Trinajstić information content (AvgIpc) is 2.04. The Kier molecular flexibility index (Phi) is 2.40. The van der Waals surface area contributed by atoms with Gasteiger partial charge in [-0.15, -0.1) is 0 Å². The van der Waals surface area contributed by atoms with E-state index in [1.165, 1.54) is 38.5 Å². The molecule has 70 valence electrons. The van der Waals surface area contributed by atoms with Crippen LogP contribution in [0.1, 0.15) is 45.4 Å². The van der Waals surface area contributed by atoms with Crippen molar-refractivity contribution in [2.45, 2.75) is 57.5 Å². The van der Waals surface area contributed by atoms with Crippen LogP contribution in [0.15, 0.2) is 0 Å². The van der Waals surface area contributed by atoms with Gasteiger partial charge in [-0.05, 0) is 38.6 Å². The normalized spacial score (nSPS) is 43.0. The topological polar surface area (TPSA) is 3.24 Å². The van der Waals surface area contributed by atoms with Crippen molar-refractivity contribution in [2.24, 2.45) is 5.92 Å². The number of fused-ring (bicyclic) bond motifs is 2. The zero-order valence-corrected chi connectivity index (χ0v) is 8.42. The lowest BCUT2D eigenvalue weighted by Gasteiger charge is -2.47. The Morgan fingerprint density at radius 2 is 1.75 bits per heavy atom. The molecule has 2 fully saturated rings. The van der Waals surface area contributed by atoms with Gasteiger partial charge in [0.15, 0.2) is 0 Å². The first kappa shape index (κ1) is 8.55. The summed E-state index contributed by atoms with van der Waals surface area (Å²) in [7, 11) is 2.33. The molecule has 2 heterocycles. The summed E-state index contributed by atoms with van der Waals surface area (Å²) in [5.41, 5.74) is 0. The van der Waals surface area contributed by atoms with Crippen LogP contribution < -0.4 is 0 Å². The summed E-state index contributed by atoms with van der Waals surface area (Å²) in [5.74, 6) is 1.04. The van der Waals surface area contributed by atoms with Gasteiger partial charge < -0.3 is 4.90 Å². The molecule has 12 heavy (non-hydrogen) atoms. The highest BCUT2D eigenvalue weighted by atomic mass is 15.2. The molecule has 0 saturated carbocycles. The Balaban J connectivity index is 2.02. The molecule has 0 N–H and O–H groups in total. The van der Waals surface area contributed by atoms with Crippen LogP contribution >= 0.6 is 0 Å². The Bertz CT molecular complexity index is 141. The average molecular weight is 167 g/mol. The lowest BCUT2D eigenvalue weighted by molar-refractivity contribution is 0.0355. The Hall–Kier alpha value is -0.0400. The zero-order valence-electron chi connectivity index (χ0n) is 8.42. The van der Waals surface area contributed by atoms with Crippen molar-refractivity contribution in [1.82, 2.24) is 4.90 Å². The minimum Gasteiger partial charge on any atom is -0.300 e. The first-order valence-corrected chi connectivity index (χ1v) is 5.53. The van der Waals surface area contributed by atoms with Crippen LogP contribution in [0.2, 0.25) is 0 Å². The van der Waals surface area contributed by atoms with Crippen molar-refractivity contribution in [2.75, 3.05) is 7.05 Å².